The Kier molecular flexibility index (Phi) is 6.05. The fourth-order valence-electron chi connectivity index (χ4n) is 2.75. The Hall–Kier alpha value is -3.34. The van der Waals surface area contributed by atoms with Gasteiger partial charge in [-0.25, -0.2) is 4.98 Å². The summed E-state index contributed by atoms with van der Waals surface area (Å²) in [6, 6.07) is 20.9. The maximum atomic E-state index is 12.8. The van der Waals surface area contributed by atoms with Gasteiger partial charge in [-0.3, -0.25) is 4.79 Å². The van der Waals surface area contributed by atoms with Crippen LogP contribution in [0.15, 0.2) is 72.9 Å². The Labute approximate surface area is 159 Å². The number of nitrogens with one attached hydrogen (secondary N) is 1. The molecule has 5 heteroatoms. The van der Waals surface area contributed by atoms with E-state index in [9.17, 15) is 4.79 Å². The molecular weight excluding hydrogens is 338 g/mol. The van der Waals surface area contributed by atoms with Gasteiger partial charge in [-0.05, 0) is 62.4 Å². The lowest BCUT2D eigenvalue weighted by molar-refractivity contribution is 0.0983. The van der Waals surface area contributed by atoms with Gasteiger partial charge < -0.3 is 15.0 Å². The van der Waals surface area contributed by atoms with Gasteiger partial charge in [0.25, 0.3) is 5.91 Å². The van der Waals surface area contributed by atoms with Crippen molar-refractivity contribution < 1.29 is 9.53 Å². The van der Waals surface area contributed by atoms with Crippen LogP contribution in [0.4, 0.5) is 17.1 Å². The molecule has 2 aromatic carbocycles. The zero-order chi connectivity index (χ0) is 19.1. The molecule has 3 rings (SSSR count). The van der Waals surface area contributed by atoms with Crippen molar-refractivity contribution in [1.82, 2.24) is 4.98 Å². The van der Waals surface area contributed by atoms with E-state index in [0.717, 1.165) is 22.8 Å². The minimum absolute atomic E-state index is 0.115. The van der Waals surface area contributed by atoms with Crippen molar-refractivity contribution in [2.45, 2.75) is 13.8 Å². The van der Waals surface area contributed by atoms with E-state index in [4.69, 9.17) is 4.74 Å². The van der Waals surface area contributed by atoms with Crippen molar-refractivity contribution in [3.63, 3.8) is 0 Å². The highest BCUT2D eigenvalue weighted by Gasteiger charge is 2.17. The molecule has 1 aromatic heterocycles. The average Bonchev–Trinajstić information content (AvgIpc) is 2.71. The fraction of sp³-hybridized carbons (Fsp3) is 0.182. The van der Waals surface area contributed by atoms with Gasteiger partial charge in [0.15, 0.2) is 0 Å². The number of carbonyl (C=O) groups is 1. The zero-order valence-electron chi connectivity index (χ0n) is 15.6. The number of rotatable bonds is 7. The molecule has 0 bridgehead atoms. The molecule has 0 atom stereocenters. The maximum absolute atomic E-state index is 12.8. The lowest BCUT2D eigenvalue weighted by atomic mass is 10.2. The molecular formula is C22H23N3O2. The molecule has 1 N–H and O–H groups in total. The van der Waals surface area contributed by atoms with Crippen LogP contribution < -0.4 is 15.0 Å². The van der Waals surface area contributed by atoms with Crippen LogP contribution in [0.2, 0.25) is 0 Å². The van der Waals surface area contributed by atoms with Crippen LogP contribution in [0.3, 0.4) is 0 Å². The quantitative estimate of drug-likeness (QED) is 0.651. The standard InChI is InChI=1S/C22H23N3O2/c1-3-25(19-8-6-5-7-9-19)22(26)21-15-12-18(16-23-21)24-17-10-13-20(14-11-17)27-4-2/h5-16,24H,3-4H2,1-2H3. The molecule has 0 saturated carbocycles. The Morgan fingerprint density at radius 1 is 0.963 bits per heavy atom. The molecule has 0 spiro atoms. The molecule has 0 saturated heterocycles. The summed E-state index contributed by atoms with van der Waals surface area (Å²) in [6.45, 7) is 5.13. The van der Waals surface area contributed by atoms with E-state index in [1.807, 2.05) is 74.5 Å². The summed E-state index contributed by atoms with van der Waals surface area (Å²) >= 11 is 0. The third-order valence-electron chi connectivity index (χ3n) is 4.07. The minimum atomic E-state index is -0.115. The minimum Gasteiger partial charge on any atom is -0.494 e. The first kappa shape index (κ1) is 18.5. The lowest BCUT2D eigenvalue weighted by Gasteiger charge is -2.20. The molecule has 0 unspecified atom stereocenters. The number of para-hydroxylation sites is 1. The van der Waals surface area contributed by atoms with Crippen molar-refractivity contribution in [3.05, 3.63) is 78.6 Å². The van der Waals surface area contributed by atoms with Crippen LogP contribution in [0, 0.1) is 0 Å². The van der Waals surface area contributed by atoms with Gasteiger partial charge >= 0.3 is 0 Å². The molecule has 0 aliphatic heterocycles. The highest BCUT2D eigenvalue weighted by molar-refractivity contribution is 6.04. The van der Waals surface area contributed by atoms with E-state index in [1.54, 1.807) is 17.2 Å². The normalized spacial score (nSPS) is 10.3. The predicted octanol–water partition coefficient (Wildman–Crippen LogP) is 4.89. The van der Waals surface area contributed by atoms with Crippen LogP contribution in [0.25, 0.3) is 0 Å². The number of hydrogen-bond acceptors (Lipinski definition) is 4. The monoisotopic (exact) mass is 361 g/mol. The average molecular weight is 361 g/mol. The predicted molar refractivity (Wildman–Crippen MR) is 109 cm³/mol. The topological polar surface area (TPSA) is 54.5 Å². The van der Waals surface area contributed by atoms with E-state index in [-0.39, 0.29) is 5.91 Å². The highest BCUT2D eigenvalue weighted by atomic mass is 16.5. The van der Waals surface area contributed by atoms with Crippen LogP contribution >= 0.6 is 0 Å². The summed E-state index contributed by atoms with van der Waals surface area (Å²) in [7, 11) is 0. The SMILES string of the molecule is CCOc1ccc(Nc2ccc(C(=O)N(CC)c3ccccc3)nc2)cc1. The van der Waals surface area contributed by atoms with Gasteiger partial charge in [0, 0.05) is 17.9 Å². The zero-order valence-corrected chi connectivity index (χ0v) is 15.6. The van der Waals surface area contributed by atoms with Gasteiger partial charge in [0.05, 0.1) is 18.5 Å². The summed E-state index contributed by atoms with van der Waals surface area (Å²) < 4.78 is 5.44. The third-order valence-corrected chi connectivity index (χ3v) is 4.07. The Morgan fingerprint density at radius 3 is 2.26 bits per heavy atom. The van der Waals surface area contributed by atoms with Crippen molar-refractivity contribution >= 4 is 23.0 Å². The van der Waals surface area contributed by atoms with Crippen molar-refractivity contribution in [1.29, 1.82) is 0 Å². The largest absolute Gasteiger partial charge is 0.494 e. The smallest absolute Gasteiger partial charge is 0.276 e. The van der Waals surface area contributed by atoms with Crippen molar-refractivity contribution in [2.75, 3.05) is 23.4 Å². The number of aromatic nitrogens is 1. The van der Waals surface area contributed by atoms with Gasteiger partial charge in [-0.15, -0.1) is 0 Å². The van der Waals surface area contributed by atoms with Gasteiger partial charge in [0.1, 0.15) is 11.4 Å². The summed E-state index contributed by atoms with van der Waals surface area (Å²) in [5.41, 5.74) is 3.03. The number of hydrogen-bond donors (Lipinski definition) is 1. The molecule has 27 heavy (non-hydrogen) atoms. The van der Waals surface area contributed by atoms with Crippen molar-refractivity contribution in [3.8, 4) is 5.75 Å². The van der Waals surface area contributed by atoms with E-state index >= 15 is 0 Å². The molecule has 5 nitrogen and oxygen atoms in total. The van der Waals surface area contributed by atoms with E-state index in [1.165, 1.54) is 0 Å². The molecule has 0 aliphatic carbocycles. The molecule has 3 aromatic rings. The second-order valence-corrected chi connectivity index (χ2v) is 5.90. The summed E-state index contributed by atoms with van der Waals surface area (Å²) in [6.07, 6.45) is 1.67. The summed E-state index contributed by atoms with van der Waals surface area (Å²) in [4.78, 5) is 18.8. The lowest BCUT2D eigenvalue weighted by Crippen LogP contribution is -2.31. The van der Waals surface area contributed by atoms with Crippen LogP contribution in [-0.4, -0.2) is 24.0 Å². The summed E-state index contributed by atoms with van der Waals surface area (Å²) in [5, 5.41) is 3.27. The number of nitrogens with zero attached hydrogens (tertiary/aromatic N) is 2. The number of benzene rings is 2. The third kappa shape index (κ3) is 4.64. The van der Waals surface area contributed by atoms with Gasteiger partial charge in [-0.2, -0.15) is 0 Å². The molecule has 138 valence electrons. The first-order valence-electron chi connectivity index (χ1n) is 9.04. The number of carbonyl (C=O) groups excluding carboxylic acids is 1. The second kappa shape index (κ2) is 8.85. The van der Waals surface area contributed by atoms with Crippen LogP contribution in [0.5, 0.6) is 5.75 Å². The molecule has 1 heterocycles. The second-order valence-electron chi connectivity index (χ2n) is 5.90. The maximum Gasteiger partial charge on any atom is 0.276 e. The Bertz CT molecular complexity index is 862. The van der Waals surface area contributed by atoms with E-state index in [0.29, 0.717) is 18.8 Å². The fourth-order valence-corrected chi connectivity index (χ4v) is 2.75. The molecule has 0 radical (unpaired) electrons. The van der Waals surface area contributed by atoms with Gasteiger partial charge in [-0.1, -0.05) is 18.2 Å². The first-order chi connectivity index (χ1) is 13.2. The number of anilines is 3. The first-order valence-corrected chi connectivity index (χ1v) is 9.04. The molecule has 1 amide bonds. The molecule has 0 fully saturated rings. The Morgan fingerprint density at radius 2 is 1.67 bits per heavy atom. The summed E-state index contributed by atoms with van der Waals surface area (Å²) in [5.74, 6) is 0.721. The van der Waals surface area contributed by atoms with Gasteiger partial charge in [0.2, 0.25) is 0 Å². The van der Waals surface area contributed by atoms with Crippen LogP contribution in [-0.2, 0) is 0 Å². The van der Waals surface area contributed by atoms with Crippen molar-refractivity contribution in [2.24, 2.45) is 0 Å². The molecule has 0 aliphatic rings. The number of ether oxygens (including phenoxy) is 1. The van der Waals surface area contributed by atoms with Crippen LogP contribution in [0.1, 0.15) is 24.3 Å². The van der Waals surface area contributed by atoms with E-state index in [2.05, 4.69) is 10.3 Å². The Balaban J connectivity index is 1.70. The number of amides is 1. The number of pyridine rings is 1. The van der Waals surface area contributed by atoms with E-state index < -0.39 is 0 Å². The highest BCUT2D eigenvalue weighted by Crippen LogP contribution is 2.21.